The van der Waals surface area contributed by atoms with Crippen LogP contribution in [0.5, 0.6) is 11.5 Å². The monoisotopic (exact) mass is 449 g/mol. The van der Waals surface area contributed by atoms with Gasteiger partial charge in [0.05, 0.1) is 24.7 Å². The second-order valence-electron chi connectivity index (χ2n) is 7.48. The molecule has 2 aromatic rings. The van der Waals surface area contributed by atoms with Crippen molar-refractivity contribution in [3.05, 3.63) is 63.2 Å². The van der Waals surface area contributed by atoms with E-state index in [0.29, 0.717) is 44.6 Å². The Morgan fingerprint density at radius 2 is 1.91 bits per heavy atom. The fourth-order valence-electron chi connectivity index (χ4n) is 3.70. The minimum Gasteiger partial charge on any atom is -0.493 e. The van der Waals surface area contributed by atoms with Gasteiger partial charge in [0.2, 0.25) is 0 Å². The van der Waals surface area contributed by atoms with E-state index in [1.807, 2.05) is 0 Å². The van der Waals surface area contributed by atoms with Gasteiger partial charge in [0, 0.05) is 31.7 Å². The topological polar surface area (TPSA) is 93.9 Å². The van der Waals surface area contributed by atoms with Gasteiger partial charge in [-0.25, -0.2) is 8.78 Å². The van der Waals surface area contributed by atoms with Gasteiger partial charge in [-0.2, -0.15) is 0 Å². The minimum atomic E-state index is -0.879. The standard InChI is InChI=1S/C22H25F2N3O5/c1-3-32-21-11-16(19(27(29)30)12-20(21)31-2)22(28)25-15-6-8-26(9-7-15)13-14-4-5-17(23)18(24)10-14/h4-5,10-12,15H,3,6-9,13H2,1-2H3,(H,25,28). The van der Waals surface area contributed by atoms with Crippen molar-refractivity contribution in [1.82, 2.24) is 10.2 Å². The Bertz CT molecular complexity index is 994. The molecule has 0 atom stereocenters. The molecular weight excluding hydrogens is 424 g/mol. The maximum atomic E-state index is 13.4. The highest BCUT2D eigenvalue weighted by molar-refractivity contribution is 5.99. The predicted molar refractivity (Wildman–Crippen MR) is 113 cm³/mol. The Morgan fingerprint density at radius 3 is 2.50 bits per heavy atom. The van der Waals surface area contributed by atoms with Gasteiger partial charge in [-0.1, -0.05) is 6.07 Å². The molecule has 0 aliphatic carbocycles. The number of methoxy groups -OCH3 is 1. The summed E-state index contributed by atoms with van der Waals surface area (Å²) in [6.45, 7) is 3.82. The van der Waals surface area contributed by atoms with Crippen molar-refractivity contribution in [1.29, 1.82) is 0 Å². The first-order valence-corrected chi connectivity index (χ1v) is 10.3. The molecule has 1 aliphatic heterocycles. The van der Waals surface area contributed by atoms with Crippen LogP contribution in [-0.2, 0) is 6.54 Å². The largest absolute Gasteiger partial charge is 0.493 e. The molecule has 10 heteroatoms. The number of nitrogens with zero attached hydrogens (tertiary/aromatic N) is 2. The number of ether oxygens (including phenoxy) is 2. The van der Waals surface area contributed by atoms with Gasteiger partial charge in [-0.15, -0.1) is 0 Å². The molecule has 1 N–H and O–H groups in total. The van der Waals surface area contributed by atoms with E-state index in [4.69, 9.17) is 9.47 Å². The Morgan fingerprint density at radius 1 is 1.19 bits per heavy atom. The summed E-state index contributed by atoms with van der Waals surface area (Å²) in [6.07, 6.45) is 1.25. The summed E-state index contributed by atoms with van der Waals surface area (Å²) in [5, 5.41) is 14.4. The van der Waals surface area contributed by atoms with Crippen LogP contribution in [0, 0.1) is 21.7 Å². The second kappa shape index (κ2) is 10.4. The molecule has 172 valence electrons. The van der Waals surface area contributed by atoms with Crippen molar-refractivity contribution in [3.63, 3.8) is 0 Å². The number of benzene rings is 2. The normalized spacial score (nSPS) is 14.8. The third kappa shape index (κ3) is 5.50. The minimum absolute atomic E-state index is 0.0940. The van der Waals surface area contributed by atoms with Crippen molar-refractivity contribution in [2.75, 3.05) is 26.8 Å². The van der Waals surface area contributed by atoms with Crippen LogP contribution >= 0.6 is 0 Å². The quantitative estimate of drug-likeness (QED) is 0.488. The zero-order valence-electron chi connectivity index (χ0n) is 17.9. The van der Waals surface area contributed by atoms with Crippen LogP contribution in [0.15, 0.2) is 30.3 Å². The molecular formula is C22H25F2N3O5. The van der Waals surface area contributed by atoms with Gasteiger partial charge in [0.1, 0.15) is 5.56 Å². The summed E-state index contributed by atoms with van der Waals surface area (Å²) < 4.78 is 37.1. The SMILES string of the molecule is CCOc1cc(C(=O)NC2CCN(Cc3ccc(F)c(F)c3)CC2)c([N+](=O)[O-])cc1OC. The van der Waals surface area contributed by atoms with E-state index in [1.54, 1.807) is 13.0 Å². The number of carbonyl (C=O) groups excluding carboxylic acids is 1. The lowest BCUT2D eigenvalue weighted by Gasteiger charge is -2.32. The molecule has 2 aromatic carbocycles. The van der Waals surface area contributed by atoms with Crippen molar-refractivity contribution < 1.29 is 28.0 Å². The molecule has 32 heavy (non-hydrogen) atoms. The van der Waals surface area contributed by atoms with Crippen LogP contribution in [0.2, 0.25) is 0 Å². The maximum absolute atomic E-state index is 13.4. The van der Waals surface area contributed by atoms with Crippen LogP contribution < -0.4 is 14.8 Å². The molecule has 0 bridgehead atoms. The second-order valence-corrected chi connectivity index (χ2v) is 7.48. The third-order valence-corrected chi connectivity index (χ3v) is 5.34. The summed E-state index contributed by atoms with van der Waals surface area (Å²) >= 11 is 0. The van der Waals surface area contributed by atoms with Crippen LogP contribution in [0.1, 0.15) is 35.7 Å². The zero-order chi connectivity index (χ0) is 23.3. The number of nitro benzene ring substituents is 1. The summed E-state index contributed by atoms with van der Waals surface area (Å²) in [4.78, 5) is 25.8. The Labute approximate surface area is 184 Å². The molecule has 0 spiro atoms. The molecule has 0 aromatic heterocycles. The first-order valence-electron chi connectivity index (χ1n) is 10.3. The number of hydrogen-bond donors (Lipinski definition) is 1. The van der Waals surface area contributed by atoms with Crippen LogP contribution in [0.3, 0.4) is 0 Å². The molecule has 1 aliphatic rings. The maximum Gasteiger partial charge on any atom is 0.286 e. The predicted octanol–water partition coefficient (Wildman–Crippen LogP) is 3.67. The van der Waals surface area contributed by atoms with E-state index in [2.05, 4.69) is 10.2 Å². The number of piperidine rings is 1. The van der Waals surface area contributed by atoms with Crippen LogP contribution in [0.4, 0.5) is 14.5 Å². The highest BCUT2D eigenvalue weighted by Gasteiger charge is 2.27. The van der Waals surface area contributed by atoms with Crippen LogP contribution in [0.25, 0.3) is 0 Å². The highest BCUT2D eigenvalue weighted by Crippen LogP contribution is 2.35. The zero-order valence-corrected chi connectivity index (χ0v) is 17.9. The highest BCUT2D eigenvalue weighted by atomic mass is 19.2. The van der Waals surface area contributed by atoms with E-state index >= 15 is 0 Å². The van der Waals surface area contributed by atoms with E-state index < -0.39 is 22.5 Å². The molecule has 1 saturated heterocycles. The van der Waals surface area contributed by atoms with E-state index in [0.717, 1.165) is 6.07 Å². The molecule has 1 amide bonds. The fraction of sp³-hybridized carbons (Fsp3) is 0.409. The number of rotatable bonds is 8. The van der Waals surface area contributed by atoms with E-state index in [-0.39, 0.29) is 28.8 Å². The fourth-order valence-corrected chi connectivity index (χ4v) is 3.70. The molecule has 3 rings (SSSR count). The summed E-state index contributed by atoms with van der Waals surface area (Å²) in [6, 6.07) is 6.18. The smallest absolute Gasteiger partial charge is 0.286 e. The molecule has 1 heterocycles. The Hall–Kier alpha value is -3.27. The molecule has 0 saturated carbocycles. The van der Waals surface area contributed by atoms with Gasteiger partial charge in [0.15, 0.2) is 23.1 Å². The number of nitrogens with one attached hydrogen (secondary N) is 1. The average Bonchev–Trinajstić information content (AvgIpc) is 2.77. The van der Waals surface area contributed by atoms with E-state index in [9.17, 15) is 23.7 Å². The Balaban J connectivity index is 1.64. The first kappa shape index (κ1) is 23.4. The van der Waals surface area contributed by atoms with Crippen molar-refractivity contribution >= 4 is 11.6 Å². The number of carbonyl (C=O) groups is 1. The van der Waals surface area contributed by atoms with Crippen molar-refractivity contribution in [3.8, 4) is 11.5 Å². The van der Waals surface area contributed by atoms with Gasteiger partial charge in [0.25, 0.3) is 11.6 Å². The summed E-state index contributed by atoms with van der Waals surface area (Å²) in [7, 11) is 1.37. The summed E-state index contributed by atoms with van der Waals surface area (Å²) in [5.41, 5.74) is 0.214. The lowest BCUT2D eigenvalue weighted by atomic mass is 10.0. The van der Waals surface area contributed by atoms with E-state index in [1.165, 1.54) is 25.3 Å². The van der Waals surface area contributed by atoms with Gasteiger partial charge < -0.3 is 14.8 Å². The number of nitro groups is 1. The van der Waals surface area contributed by atoms with Crippen LogP contribution in [-0.4, -0.2) is 48.6 Å². The lowest BCUT2D eigenvalue weighted by molar-refractivity contribution is -0.385. The lowest BCUT2D eigenvalue weighted by Crippen LogP contribution is -2.44. The van der Waals surface area contributed by atoms with Gasteiger partial charge in [-0.05, 0) is 37.5 Å². The number of halogens is 2. The average molecular weight is 449 g/mol. The van der Waals surface area contributed by atoms with Crippen molar-refractivity contribution in [2.45, 2.75) is 32.4 Å². The Kier molecular flexibility index (Phi) is 7.57. The van der Waals surface area contributed by atoms with Gasteiger partial charge >= 0.3 is 0 Å². The molecule has 1 fully saturated rings. The number of likely N-dealkylation sites (tertiary alicyclic amines) is 1. The number of amides is 1. The molecule has 0 unspecified atom stereocenters. The number of hydrogen-bond acceptors (Lipinski definition) is 6. The molecule has 0 radical (unpaired) electrons. The molecule has 8 nitrogen and oxygen atoms in total. The van der Waals surface area contributed by atoms with Crippen molar-refractivity contribution in [2.24, 2.45) is 0 Å². The van der Waals surface area contributed by atoms with Gasteiger partial charge in [-0.3, -0.25) is 19.8 Å². The third-order valence-electron chi connectivity index (χ3n) is 5.34. The first-order chi connectivity index (χ1) is 15.3. The summed E-state index contributed by atoms with van der Waals surface area (Å²) in [5.74, 6) is -1.88.